The molecule has 8 heteroatoms. The number of carboxylic acid groups (broad SMARTS) is 1. The summed E-state index contributed by atoms with van der Waals surface area (Å²) in [6.07, 6.45) is 0.271. The van der Waals surface area contributed by atoms with Crippen molar-refractivity contribution in [3.63, 3.8) is 0 Å². The average Bonchev–Trinajstić information content (AvgIpc) is 2.76. The minimum atomic E-state index is -1.10. The molecule has 31 heavy (non-hydrogen) atoms. The number of hydrogen-bond acceptors (Lipinski definition) is 6. The lowest BCUT2D eigenvalue weighted by Crippen LogP contribution is -2.33. The fraction of sp³-hybridized carbons (Fsp3) is 0.348. The summed E-state index contributed by atoms with van der Waals surface area (Å²) in [7, 11) is 4.47. The second-order valence-corrected chi connectivity index (χ2v) is 7.53. The molecule has 164 valence electrons. The first-order valence-electron chi connectivity index (χ1n) is 9.86. The molecule has 0 fully saturated rings. The number of fused-ring (bicyclic) bond motifs is 1. The Labute approximate surface area is 180 Å². The van der Waals surface area contributed by atoms with E-state index in [0.29, 0.717) is 33.7 Å². The summed E-state index contributed by atoms with van der Waals surface area (Å²) in [6, 6.07) is 9.10. The lowest BCUT2D eigenvalue weighted by atomic mass is 10.0. The van der Waals surface area contributed by atoms with Crippen molar-refractivity contribution in [2.45, 2.75) is 26.3 Å². The minimum Gasteiger partial charge on any atom is -0.493 e. The van der Waals surface area contributed by atoms with E-state index < -0.39 is 17.6 Å². The molecule has 0 radical (unpaired) electrons. The van der Waals surface area contributed by atoms with Crippen LogP contribution < -0.4 is 19.8 Å². The summed E-state index contributed by atoms with van der Waals surface area (Å²) in [5.74, 6) is 0.313. The molecule has 1 heterocycles. The van der Waals surface area contributed by atoms with E-state index in [-0.39, 0.29) is 18.2 Å². The number of benzene rings is 2. The molecule has 0 aliphatic carbocycles. The van der Waals surface area contributed by atoms with Crippen molar-refractivity contribution in [3.05, 3.63) is 46.8 Å². The first kappa shape index (κ1) is 22.1. The molecular weight excluding hydrogens is 400 g/mol. The summed E-state index contributed by atoms with van der Waals surface area (Å²) >= 11 is 0. The second kappa shape index (κ2) is 9.07. The molecule has 8 nitrogen and oxygen atoms in total. The standard InChI is InChI=1S/C23H26N2O6/c1-13(2)10-17(23(27)28)25-21(24-16-9-7-6-8-15(16)22(25)26)14-11-18(29-3)20(31-5)19(12-14)30-4/h6-9,11-13,17H,10H2,1-5H3,(H,27,28). The summed E-state index contributed by atoms with van der Waals surface area (Å²) in [5.41, 5.74) is 0.538. The topological polar surface area (TPSA) is 99.9 Å². The Kier molecular flexibility index (Phi) is 6.48. The van der Waals surface area contributed by atoms with Crippen LogP contribution in [0.25, 0.3) is 22.3 Å². The largest absolute Gasteiger partial charge is 0.493 e. The van der Waals surface area contributed by atoms with Gasteiger partial charge in [0.05, 0.1) is 32.2 Å². The third-order valence-electron chi connectivity index (χ3n) is 5.02. The molecule has 0 amide bonds. The van der Waals surface area contributed by atoms with Crippen LogP contribution in [-0.2, 0) is 4.79 Å². The predicted octanol–water partition coefficient (Wildman–Crippen LogP) is 3.76. The van der Waals surface area contributed by atoms with Crippen LogP contribution in [0.15, 0.2) is 41.2 Å². The van der Waals surface area contributed by atoms with E-state index in [2.05, 4.69) is 4.98 Å². The lowest BCUT2D eigenvalue weighted by Gasteiger charge is -2.22. The number of nitrogens with zero attached hydrogens (tertiary/aromatic N) is 2. The van der Waals surface area contributed by atoms with Gasteiger partial charge in [0.2, 0.25) is 5.75 Å². The van der Waals surface area contributed by atoms with Crippen LogP contribution in [0, 0.1) is 5.92 Å². The zero-order valence-electron chi connectivity index (χ0n) is 18.2. The lowest BCUT2D eigenvalue weighted by molar-refractivity contribution is -0.141. The van der Waals surface area contributed by atoms with Crippen LogP contribution >= 0.6 is 0 Å². The van der Waals surface area contributed by atoms with Gasteiger partial charge in [-0.2, -0.15) is 0 Å². The van der Waals surface area contributed by atoms with Crippen molar-refractivity contribution in [1.29, 1.82) is 0 Å². The van der Waals surface area contributed by atoms with E-state index in [0.717, 1.165) is 0 Å². The number of carbonyl (C=O) groups is 1. The Morgan fingerprint density at radius 3 is 2.19 bits per heavy atom. The van der Waals surface area contributed by atoms with Crippen LogP contribution in [0.3, 0.4) is 0 Å². The Balaban J connectivity index is 2.42. The summed E-state index contributed by atoms with van der Waals surface area (Å²) in [6.45, 7) is 3.82. The van der Waals surface area contributed by atoms with Crippen LogP contribution in [-0.4, -0.2) is 42.0 Å². The summed E-state index contributed by atoms with van der Waals surface area (Å²) in [5, 5.41) is 10.3. The fourth-order valence-electron chi connectivity index (χ4n) is 3.61. The first-order chi connectivity index (χ1) is 14.8. The number of rotatable bonds is 8. The van der Waals surface area contributed by atoms with Crippen molar-refractivity contribution in [2.24, 2.45) is 5.92 Å². The van der Waals surface area contributed by atoms with Gasteiger partial charge in [-0.25, -0.2) is 9.78 Å². The number of aliphatic carboxylic acids is 1. The normalized spacial score (nSPS) is 12.1. The third-order valence-corrected chi connectivity index (χ3v) is 5.02. The number of ether oxygens (including phenoxy) is 3. The van der Waals surface area contributed by atoms with E-state index in [1.54, 1.807) is 36.4 Å². The van der Waals surface area contributed by atoms with Crippen LogP contribution in [0.1, 0.15) is 26.3 Å². The maximum Gasteiger partial charge on any atom is 0.326 e. The van der Waals surface area contributed by atoms with Crippen molar-refractivity contribution in [2.75, 3.05) is 21.3 Å². The highest BCUT2D eigenvalue weighted by molar-refractivity contribution is 5.82. The van der Waals surface area contributed by atoms with Gasteiger partial charge in [-0.15, -0.1) is 0 Å². The van der Waals surface area contributed by atoms with Gasteiger partial charge >= 0.3 is 5.97 Å². The molecule has 1 N–H and O–H groups in total. The molecule has 2 aromatic carbocycles. The van der Waals surface area contributed by atoms with Gasteiger partial charge in [0.1, 0.15) is 11.9 Å². The SMILES string of the molecule is COc1cc(-c2nc3ccccc3c(=O)n2C(CC(C)C)C(=O)O)cc(OC)c1OC. The van der Waals surface area contributed by atoms with Crippen LogP contribution in [0.2, 0.25) is 0 Å². The highest BCUT2D eigenvalue weighted by Crippen LogP contribution is 2.41. The first-order valence-corrected chi connectivity index (χ1v) is 9.86. The van der Waals surface area contributed by atoms with Crippen LogP contribution in [0.4, 0.5) is 0 Å². The number of aromatic nitrogens is 2. The molecule has 3 aromatic rings. The van der Waals surface area contributed by atoms with E-state index >= 15 is 0 Å². The average molecular weight is 426 g/mol. The summed E-state index contributed by atoms with van der Waals surface area (Å²) in [4.78, 5) is 30.3. The van der Waals surface area contributed by atoms with E-state index in [9.17, 15) is 14.7 Å². The minimum absolute atomic E-state index is 0.0484. The quantitative estimate of drug-likeness (QED) is 0.585. The smallest absolute Gasteiger partial charge is 0.326 e. The maximum absolute atomic E-state index is 13.5. The molecule has 1 unspecified atom stereocenters. The van der Waals surface area contributed by atoms with Gasteiger partial charge in [0.15, 0.2) is 11.5 Å². The van der Waals surface area contributed by atoms with Gasteiger partial charge < -0.3 is 19.3 Å². The Hall–Kier alpha value is -3.55. The van der Waals surface area contributed by atoms with Crippen LogP contribution in [0.5, 0.6) is 17.2 Å². The zero-order chi connectivity index (χ0) is 22.7. The predicted molar refractivity (Wildman–Crippen MR) is 117 cm³/mol. The molecule has 1 aromatic heterocycles. The van der Waals surface area contributed by atoms with Crippen molar-refractivity contribution in [1.82, 2.24) is 9.55 Å². The molecule has 0 spiro atoms. The number of methoxy groups -OCH3 is 3. The zero-order valence-corrected chi connectivity index (χ0v) is 18.2. The Morgan fingerprint density at radius 2 is 1.68 bits per heavy atom. The molecular formula is C23H26N2O6. The number of hydrogen-bond donors (Lipinski definition) is 1. The maximum atomic E-state index is 13.5. The summed E-state index contributed by atoms with van der Waals surface area (Å²) < 4.78 is 17.5. The van der Waals surface area contributed by atoms with Gasteiger partial charge in [0.25, 0.3) is 5.56 Å². The van der Waals surface area contributed by atoms with Gasteiger partial charge in [-0.1, -0.05) is 26.0 Å². The Bertz CT molecular complexity index is 1140. The van der Waals surface area contributed by atoms with E-state index in [4.69, 9.17) is 14.2 Å². The number of para-hydroxylation sites is 1. The van der Waals surface area contributed by atoms with E-state index in [1.807, 2.05) is 13.8 Å². The third kappa shape index (κ3) is 4.19. The van der Waals surface area contributed by atoms with Crippen molar-refractivity contribution < 1.29 is 24.1 Å². The number of carboxylic acids is 1. The molecule has 0 aliphatic rings. The molecule has 0 saturated heterocycles. The highest BCUT2D eigenvalue weighted by atomic mass is 16.5. The molecule has 0 saturated carbocycles. The molecule has 3 rings (SSSR count). The molecule has 0 aliphatic heterocycles. The monoisotopic (exact) mass is 426 g/mol. The Morgan fingerprint density at radius 1 is 1.06 bits per heavy atom. The van der Waals surface area contributed by atoms with Crippen molar-refractivity contribution >= 4 is 16.9 Å². The highest BCUT2D eigenvalue weighted by Gasteiger charge is 2.28. The van der Waals surface area contributed by atoms with Gasteiger partial charge in [-0.05, 0) is 36.6 Å². The van der Waals surface area contributed by atoms with Gasteiger partial charge in [0, 0.05) is 5.56 Å². The van der Waals surface area contributed by atoms with Gasteiger partial charge in [-0.3, -0.25) is 9.36 Å². The van der Waals surface area contributed by atoms with Crippen molar-refractivity contribution in [3.8, 4) is 28.6 Å². The molecule has 0 bridgehead atoms. The van der Waals surface area contributed by atoms with E-state index in [1.165, 1.54) is 25.9 Å². The molecule has 1 atom stereocenters. The second-order valence-electron chi connectivity index (χ2n) is 7.53. The fourth-order valence-corrected chi connectivity index (χ4v) is 3.61.